The van der Waals surface area contributed by atoms with Crippen LogP contribution in [0.25, 0.3) is 0 Å². The third-order valence-corrected chi connectivity index (χ3v) is 3.52. The van der Waals surface area contributed by atoms with Gasteiger partial charge in [-0.25, -0.2) is 13.1 Å². The Hall–Kier alpha value is -1.13. The molecular formula is C7H10N2O4S. The SMILES string of the molecule is N#CC1(CS(=O)(=O)NCC(=O)O)CC1. The molecule has 0 aromatic heterocycles. The lowest BCUT2D eigenvalue weighted by Crippen LogP contribution is -2.34. The van der Waals surface area contributed by atoms with Crippen LogP contribution in [0.5, 0.6) is 0 Å². The van der Waals surface area contributed by atoms with Gasteiger partial charge >= 0.3 is 5.97 Å². The summed E-state index contributed by atoms with van der Waals surface area (Å²) in [5.41, 5.74) is -0.773. The van der Waals surface area contributed by atoms with Crippen LogP contribution in [0.4, 0.5) is 0 Å². The van der Waals surface area contributed by atoms with Crippen LogP contribution < -0.4 is 4.72 Å². The molecule has 7 heteroatoms. The number of nitriles is 1. The van der Waals surface area contributed by atoms with Gasteiger partial charge in [-0.2, -0.15) is 5.26 Å². The van der Waals surface area contributed by atoms with Gasteiger partial charge in [-0.05, 0) is 12.8 Å². The quantitative estimate of drug-likeness (QED) is 0.634. The van der Waals surface area contributed by atoms with Crippen molar-refractivity contribution in [3.05, 3.63) is 0 Å². The monoisotopic (exact) mass is 218 g/mol. The Labute approximate surface area is 81.6 Å². The van der Waals surface area contributed by atoms with Gasteiger partial charge in [0.15, 0.2) is 0 Å². The second-order valence-corrected chi connectivity index (χ2v) is 5.17. The summed E-state index contributed by atoms with van der Waals surface area (Å²) in [5, 5.41) is 16.9. The number of rotatable bonds is 5. The van der Waals surface area contributed by atoms with E-state index in [1.165, 1.54) is 0 Å². The minimum Gasteiger partial charge on any atom is -0.480 e. The highest BCUT2D eigenvalue weighted by molar-refractivity contribution is 7.89. The number of carboxylic acid groups (broad SMARTS) is 1. The molecule has 0 amide bonds. The molecule has 6 nitrogen and oxygen atoms in total. The molecule has 0 atom stereocenters. The fraction of sp³-hybridized carbons (Fsp3) is 0.714. The molecule has 1 aliphatic rings. The van der Waals surface area contributed by atoms with Gasteiger partial charge in [0.2, 0.25) is 10.0 Å². The Morgan fingerprint density at radius 2 is 2.14 bits per heavy atom. The topological polar surface area (TPSA) is 107 Å². The molecule has 0 aliphatic heterocycles. The van der Waals surface area contributed by atoms with E-state index < -0.39 is 28.0 Å². The summed E-state index contributed by atoms with van der Waals surface area (Å²) in [6, 6.07) is 1.93. The molecule has 0 radical (unpaired) electrons. The van der Waals surface area contributed by atoms with Gasteiger partial charge in [0.25, 0.3) is 0 Å². The zero-order valence-electron chi connectivity index (χ0n) is 7.36. The molecule has 0 aromatic rings. The molecule has 0 saturated heterocycles. The number of carbonyl (C=O) groups is 1. The summed E-state index contributed by atoms with van der Waals surface area (Å²) < 4.78 is 24.4. The van der Waals surface area contributed by atoms with Crippen LogP contribution in [0.15, 0.2) is 0 Å². The second-order valence-electron chi connectivity index (χ2n) is 3.37. The third kappa shape index (κ3) is 2.97. The lowest BCUT2D eigenvalue weighted by Gasteiger charge is -2.06. The highest BCUT2D eigenvalue weighted by Crippen LogP contribution is 2.45. The van der Waals surface area contributed by atoms with Crippen LogP contribution in [0.3, 0.4) is 0 Å². The van der Waals surface area contributed by atoms with Crippen LogP contribution in [0, 0.1) is 16.7 Å². The summed E-state index contributed by atoms with van der Waals surface area (Å²) in [4.78, 5) is 10.1. The zero-order valence-corrected chi connectivity index (χ0v) is 8.17. The number of hydrogen-bond acceptors (Lipinski definition) is 4. The van der Waals surface area contributed by atoms with Crippen molar-refractivity contribution in [2.75, 3.05) is 12.3 Å². The minimum atomic E-state index is -3.64. The van der Waals surface area contributed by atoms with Gasteiger partial charge in [-0.15, -0.1) is 0 Å². The van der Waals surface area contributed by atoms with E-state index in [9.17, 15) is 13.2 Å². The molecule has 1 saturated carbocycles. The maximum absolute atomic E-state index is 11.2. The highest BCUT2D eigenvalue weighted by atomic mass is 32.2. The van der Waals surface area contributed by atoms with Gasteiger partial charge in [-0.3, -0.25) is 4.79 Å². The van der Waals surface area contributed by atoms with Crippen LogP contribution in [-0.4, -0.2) is 31.8 Å². The van der Waals surface area contributed by atoms with E-state index >= 15 is 0 Å². The standard InChI is InChI=1S/C7H10N2O4S/c8-4-7(1-2-7)5-14(12,13)9-3-6(10)11/h9H,1-3,5H2,(H,10,11). The molecular weight excluding hydrogens is 208 g/mol. The Morgan fingerprint density at radius 3 is 2.50 bits per heavy atom. The largest absolute Gasteiger partial charge is 0.480 e. The third-order valence-electron chi connectivity index (χ3n) is 2.00. The van der Waals surface area contributed by atoms with E-state index in [-0.39, 0.29) is 5.75 Å². The van der Waals surface area contributed by atoms with E-state index in [0.29, 0.717) is 12.8 Å². The summed E-state index contributed by atoms with van der Waals surface area (Å²) >= 11 is 0. The van der Waals surface area contributed by atoms with Crippen molar-refractivity contribution in [2.24, 2.45) is 5.41 Å². The first-order valence-electron chi connectivity index (χ1n) is 4.00. The molecule has 2 N–H and O–H groups in total. The van der Waals surface area contributed by atoms with E-state index in [4.69, 9.17) is 10.4 Å². The van der Waals surface area contributed by atoms with Crippen LogP contribution in [0.1, 0.15) is 12.8 Å². The van der Waals surface area contributed by atoms with Crippen LogP contribution in [-0.2, 0) is 14.8 Å². The highest BCUT2D eigenvalue weighted by Gasteiger charge is 2.46. The van der Waals surface area contributed by atoms with E-state index in [1.54, 1.807) is 0 Å². The van der Waals surface area contributed by atoms with Crippen LogP contribution >= 0.6 is 0 Å². The lowest BCUT2D eigenvalue weighted by molar-refractivity contribution is -0.135. The van der Waals surface area contributed by atoms with E-state index in [0.717, 1.165) is 0 Å². The van der Waals surface area contributed by atoms with Gasteiger partial charge in [0, 0.05) is 0 Å². The van der Waals surface area contributed by atoms with Gasteiger partial charge in [0.05, 0.1) is 17.2 Å². The van der Waals surface area contributed by atoms with Crippen molar-refractivity contribution >= 4 is 16.0 Å². The Morgan fingerprint density at radius 1 is 1.57 bits per heavy atom. The maximum Gasteiger partial charge on any atom is 0.318 e. The Balaban J connectivity index is 2.51. The number of nitrogens with one attached hydrogen (secondary N) is 1. The van der Waals surface area contributed by atoms with Gasteiger partial charge < -0.3 is 5.11 Å². The summed E-state index contributed by atoms with van der Waals surface area (Å²) in [5.74, 6) is -1.54. The molecule has 14 heavy (non-hydrogen) atoms. The molecule has 1 rings (SSSR count). The average Bonchev–Trinajstić information content (AvgIpc) is 2.82. The van der Waals surface area contributed by atoms with E-state index in [1.807, 2.05) is 10.8 Å². The number of aliphatic carboxylic acids is 1. The first-order chi connectivity index (χ1) is 6.39. The molecule has 0 spiro atoms. The van der Waals surface area contributed by atoms with Crippen molar-refractivity contribution < 1.29 is 18.3 Å². The Bertz CT molecular complexity index is 377. The molecule has 1 aliphatic carbocycles. The number of carboxylic acids is 1. The van der Waals surface area contributed by atoms with Gasteiger partial charge in [0.1, 0.15) is 6.54 Å². The molecule has 0 heterocycles. The molecule has 78 valence electrons. The van der Waals surface area contributed by atoms with Gasteiger partial charge in [-0.1, -0.05) is 0 Å². The predicted octanol–water partition coefficient (Wildman–Crippen LogP) is -0.706. The van der Waals surface area contributed by atoms with Crippen molar-refractivity contribution in [3.8, 4) is 6.07 Å². The van der Waals surface area contributed by atoms with E-state index in [2.05, 4.69) is 0 Å². The molecule has 0 aromatic carbocycles. The molecule has 0 bridgehead atoms. The summed E-state index contributed by atoms with van der Waals surface area (Å²) in [6.45, 7) is -0.635. The van der Waals surface area contributed by atoms with Crippen molar-refractivity contribution in [2.45, 2.75) is 12.8 Å². The number of nitrogens with zero attached hydrogens (tertiary/aromatic N) is 1. The zero-order chi connectivity index (χ0) is 10.8. The molecule has 1 fully saturated rings. The average molecular weight is 218 g/mol. The molecule has 0 unspecified atom stereocenters. The van der Waals surface area contributed by atoms with Crippen molar-refractivity contribution in [1.82, 2.24) is 4.72 Å². The number of hydrogen-bond donors (Lipinski definition) is 2. The van der Waals surface area contributed by atoms with Crippen molar-refractivity contribution in [1.29, 1.82) is 5.26 Å². The minimum absolute atomic E-state index is 0.302. The fourth-order valence-electron chi connectivity index (χ4n) is 1.03. The maximum atomic E-state index is 11.2. The second kappa shape index (κ2) is 3.55. The smallest absolute Gasteiger partial charge is 0.318 e. The van der Waals surface area contributed by atoms with Crippen LogP contribution in [0.2, 0.25) is 0 Å². The number of sulfonamides is 1. The predicted molar refractivity (Wildman–Crippen MR) is 46.7 cm³/mol. The fourth-order valence-corrected chi connectivity index (χ4v) is 2.55. The summed E-state index contributed by atoms with van der Waals surface area (Å²) in [7, 11) is -3.64. The first kappa shape index (κ1) is 10.9. The van der Waals surface area contributed by atoms with Crippen molar-refractivity contribution in [3.63, 3.8) is 0 Å². The first-order valence-corrected chi connectivity index (χ1v) is 5.65. The normalized spacial score (nSPS) is 18.5. The lowest BCUT2D eigenvalue weighted by atomic mass is 10.2. The summed E-state index contributed by atoms with van der Waals surface area (Å²) in [6.07, 6.45) is 1.13. The Kier molecular flexibility index (Phi) is 2.78.